The van der Waals surface area contributed by atoms with Gasteiger partial charge < -0.3 is 10.6 Å². The Kier molecular flexibility index (Phi) is 5.08. The molecule has 130 valence electrons. The highest BCUT2D eigenvalue weighted by molar-refractivity contribution is 6.07. The molecular formula is C21H19N3O2. The lowest BCUT2D eigenvalue weighted by molar-refractivity contribution is 0.101. The Morgan fingerprint density at radius 2 is 1.15 bits per heavy atom. The zero-order valence-electron chi connectivity index (χ0n) is 14.6. The Balaban J connectivity index is 1.74. The second-order valence-electron chi connectivity index (χ2n) is 6.00. The molecule has 3 rings (SSSR count). The van der Waals surface area contributed by atoms with Crippen LogP contribution in [0.25, 0.3) is 0 Å². The van der Waals surface area contributed by atoms with E-state index in [4.69, 9.17) is 0 Å². The van der Waals surface area contributed by atoms with Gasteiger partial charge in [0.15, 0.2) is 0 Å². The van der Waals surface area contributed by atoms with Crippen LogP contribution >= 0.6 is 0 Å². The number of benzene rings is 2. The SMILES string of the molecule is Cc1ccccc1C(=O)Nc1cncc(NC(=O)c2ccccc2C)c1. The van der Waals surface area contributed by atoms with Crippen molar-refractivity contribution in [2.24, 2.45) is 0 Å². The summed E-state index contributed by atoms with van der Waals surface area (Å²) in [5.41, 5.74) is 4.01. The molecule has 2 aromatic carbocycles. The summed E-state index contributed by atoms with van der Waals surface area (Å²) < 4.78 is 0. The Hall–Kier alpha value is -3.47. The minimum atomic E-state index is -0.215. The van der Waals surface area contributed by atoms with Crippen LogP contribution < -0.4 is 10.6 Å². The quantitative estimate of drug-likeness (QED) is 0.744. The van der Waals surface area contributed by atoms with Gasteiger partial charge in [0.2, 0.25) is 0 Å². The van der Waals surface area contributed by atoms with Gasteiger partial charge in [0, 0.05) is 11.1 Å². The van der Waals surface area contributed by atoms with E-state index in [0.29, 0.717) is 22.5 Å². The molecule has 0 aliphatic heterocycles. The number of nitrogens with one attached hydrogen (secondary N) is 2. The van der Waals surface area contributed by atoms with Gasteiger partial charge in [-0.2, -0.15) is 0 Å². The average molecular weight is 345 g/mol. The Morgan fingerprint density at radius 1 is 0.731 bits per heavy atom. The van der Waals surface area contributed by atoms with Gasteiger partial charge in [-0.3, -0.25) is 14.6 Å². The Bertz CT molecular complexity index is 892. The van der Waals surface area contributed by atoms with Gasteiger partial charge >= 0.3 is 0 Å². The first-order chi connectivity index (χ1) is 12.5. The van der Waals surface area contributed by atoms with Crippen molar-refractivity contribution >= 4 is 23.2 Å². The molecule has 0 spiro atoms. The summed E-state index contributed by atoms with van der Waals surface area (Å²) in [7, 11) is 0. The summed E-state index contributed by atoms with van der Waals surface area (Å²) in [6.45, 7) is 3.76. The monoisotopic (exact) mass is 345 g/mol. The Morgan fingerprint density at radius 3 is 1.58 bits per heavy atom. The van der Waals surface area contributed by atoms with Crippen LogP contribution in [0.15, 0.2) is 67.0 Å². The molecule has 1 heterocycles. The standard InChI is InChI=1S/C21H19N3O2/c1-14-7-3-5-9-18(14)20(25)23-16-11-17(13-22-12-16)24-21(26)19-10-6-4-8-15(19)2/h3-13H,1-2H3,(H,23,25)(H,24,26). The van der Waals surface area contributed by atoms with Crippen molar-refractivity contribution in [2.45, 2.75) is 13.8 Å². The summed E-state index contributed by atoms with van der Waals surface area (Å²) in [6.07, 6.45) is 3.08. The summed E-state index contributed by atoms with van der Waals surface area (Å²) in [5.74, 6) is -0.431. The number of pyridine rings is 1. The third-order valence-corrected chi connectivity index (χ3v) is 4.03. The van der Waals surface area contributed by atoms with Crippen LogP contribution in [-0.2, 0) is 0 Å². The van der Waals surface area contributed by atoms with E-state index in [2.05, 4.69) is 15.6 Å². The summed E-state index contributed by atoms with van der Waals surface area (Å²) >= 11 is 0. The van der Waals surface area contributed by atoms with E-state index in [1.165, 1.54) is 0 Å². The third kappa shape index (κ3) is 3.95. The number of anilines is 2. The van der Waals surface area contributed by atoms with E-state index in [1.54, 1.807) is 30.6 Å². The second-order valence-corrected chi connectivity index (χ2v) is 6.00. The third-order valence-electron chi connectivity index (χ3n) is 4.03. The fourth-order valence-corrected chi connectivity index (χ4v) is 2.63. The normalized spacial score (nSPS) is 10.2. The lowest BCUT2D eigenvalue weighted by Crippen LogP contribution is -2.15. The van der Waals surface area contributed by atoms with Gasteiger partial charge in [-0.15, -0.1) is 0 Å². The van der Waals surface area contributed by atoms with Crippen LogP contribution in [0.5, 0.6) is 0 Å². The van der Waals surface area contributed by atoms with Gasteiger partial charge in [-0.25, -0.2) is 0 Å². The summed E-state index contributed by atoms with van der Waals surface area (Å²) in [5, 5.41) is 5.62. The summed E-state index contributed by atoms with van der Waals surface area (Å²) in [4.78, 5) is 28.9. The molecule has 0 fully saturated rings. The topological polar surface area (TPSA) is 71.1 Å². The van der Waals surface area contributed by atoms with Crippen LogP contribution in [0.4, 0.5) is 11.4 Å². The molecule has 26 heavy (non-hydrogen) atoms. The van der Waals surface area contributed by atoms with Crippen molar-refractivity contribution < 1.29 is 9.59 Å². The van der Waals surface area contributed by atoms with Gasteiger partial charge in [0.25, 0.3) is 11.8 Å². The molecule has 5 nitrogen and oxygen atoms in total. The van der Waals surface area contributed by atoms with E-state index in [9.17, 15) is 9.59 Å². The second kappa shape index (κ2) is 7.61. The molecule has 0 aliphatic rings. The average Bonchev–Trinajstić information content (AvgIpc) is 2.62. The van der Waals surface area contributed by atoms with E-state index in [0.717, 1.165) is 11.1 Å². The lowest BCUT2D eigenvalue weighted by atomic mass is 10.1. The molecule has 5 heteroatoms. The van der Waals surface area contributed by atoms with Crippen LogP contribution in [0.2, 0.25) is 0 Å². The number of aromatic nitrogens is 1. The molecule has 0 aliphatic carbocycles. The number of carbonyl (C=O) groups is 2. The van der Waals surface area contributed by atoms with Crippen molar-refractivity contribution in [2.75, 3.05) is 10.6 Å². The largest absolute Gasteiger partial charge is 0.321 e. The minimum Gasteiger partial charge on any atom is -0.321 e. The molecule has 0 atom stereocenters. The van der Waals surface area contributed by atoms with Crippen molar-refractivity contribution in [1.82, 2.24) is 4.98 Å². The van der Waals surface area contributed by atoms with E-state index >= 15 is 0 Å². The fraction of sp³-hybridized carbons (Fsp3) is 0.0952. The first kappa shape index (κ1) is 17.4. The van der Waals surface area contributed by atoms with E-state index < -0.39 is 0 Å². The molecule has 0 saturated heterocycles. The number of hydrogen-bond donors (Lipinski definition) is 2. The molecule has 0 unspecified atom stereocenters. The zero-order chi connectivity index (χ0) is 18.5. The molecule has 2 amide bonds. The van der Waals surface area contributed by atoms with Gasteiger partial charge in [0.1, 0.15) is 0 Å². The van der Waals surface area contributed by atoms with Crippen LogP contribution in [0.1, 0.15) is 31.8 Å². The first-order valence-corrected chi connectivity index (χ1v) is 8.23. The van der Waals surface area contributed by atoms with Crippen molar-refractivity contribution in [3.63, 3.8) is 0 Å². The van der Waals surface area contributed by atoms with E-state index in [1.807, 2.05) is 50.2 Å². The van der Waals surface area contributed by atoms with Gasteiger partial charge in [-0.1, -0.05) is 36.4 Å². The fourth-order valence-electron chi connectivity index (χ4n) is 2.63. The molecule has 0 bridgehead atoms. The van der Waals surface area contributed by atoms with Crippen molar-refractivity contribution in [3.05, 3.63) is 89.2 Å². The number of nitrogens with zero attached hydrogens (tertiary/aromatic N) is 1. The smallest absolute Gasteiger partial charge is 0.255 e. The van der Waals surface area contributed by atoms with Gasteiger partial charge in [-0.05, 0) is 43.2 Å². The zero-order valence-corrected chi connectivity index (χ0v) is 14.6. The predicted molar refractivity (Wildman–Crippen MR) is 103 cm³/mol. The number of aryl methyl sites for hydroxylation is 2. The number of hydrogen-bond acceptors (Lipinski definition) is 3. The van der Waals surface area contributed by atoms with E-state index in [-0.39, 0.29) is 11.8 Å². The van der Waals surface area contributed by atoms with Gasteiger partial charge in [0.05, 0.1) is 23.8 Å². The molecule has 3 aromatic rings. The van der Waals surface area contributed by atoms with Crippen LogP contribution in [0, 0.1) is 13.8 Å². The molecule has 1 aromatic heterocycles. The minimum absolute atomic E-state index is 0.215. The highest BCUT2D eigenvalue weighted by Gasteiger charge is 2.11. The first-order valence-electron chi connectivity index (χ1n) is 8.23. The number of rotatable bonds is 4. The molecule has 0 radical (unpaired) electrons. The molecule has 2 N–H and O–H groups in total. The Labute approximate surface area is 152 Å². The highest BCUT2D eigenvalue weighted by atomic mass is 16.2. The number of amides is 2. The molecular weight excluding hydrogens is 326 g/mol. The maximum atomic E-state index is 12.4. The van der Waals surface area contributed by atoms with Crippen LogP contribution in [0.3, 0.4) is 0 Å². The van der Waals surface area contributed by atoms with Crippen molar-refractivity contribution in [3.8, 4) is 0 Å². The maximum absolute atomic E-state index is 12.4. The van der Waals surface area contributed by atoms with Crippen LogP contribution in [-0.4, -0.2) is 16.8 Å². The van der Waals surface area contributed by atoms with Crippen molar-refractivity contribution in [1.29, 1.82) is 0 Å². The highest BCUT2D eigenvalue weighted by Crippen LogP contribution is 2.17. The predicted octanol–water partition coefficient (Wildman–Crippen LogP) is 4.20. The maximum Gasteiger partial charge on any atom is 0.255 e. The summed E-state index contributed by atoms with van der Waals surface area (Å²) in [6, 6.07) is 16.4. The lowest BCUT2D eigenvalue weighted by Gasteiger charge is -2.10. The number of carbonyl (C=O) groups excluding carboxylic acids is 2. The molecule has 0 saturated carbocycles.